The first-order valence-electron chi connectivity index (χ1n) is 4.40. The normalized spacial score (nSPS) is 25.0. The lowest BCUT2D eigenvalue weighted by atomic mass is 10.2. The number of ether oxygens (including phenoxy) is 1. The maximum absolute atomic E-state index is 10.6. The Morgan fingerprint density at radius 3 is 3.07 bits per heavy atom. The second-order valence-corrected chi connectivity index (χ2v) is 3.15. The molecular weight excluding hydrogens is 200 g/mol. The Kier molecular flexibility index (Phi) is 2.35. The number of aromatic nitrogens is 3. The number of nitrogens with zero attached hydrogens (tertiary/aromatic N) is 4. The van der Waals surface area contributed by atoms with Crippen LogP contribution in [0.3, 0.4) is 0 Å². The third-order valence-electron chi connectivity index (χ3n) is 2.18. The minimum absolute atomic E-state index is 0.0531. The average molecular weight is 208 g/mol. The summed E-state index contributed by atoms with van der Waals surface area (Å²) in [6.07, 6.45) is 1.16. The van der Waals surface area contributed by atoms with Crippen LogP contribution in [-0.4, -0.2) is 31.9 Å². The molecule has 78 valence electrons. The molecule has 0 saturated carbocycles. The van der Waals surface area contributed by atoms with Crippen LogP contribution in [0.5, 0.6) is 0 Å². The van der Waals surface area contributed by atoms with Gasteiger partial charge in [-0.15, -0.1) is 5.10 Å². The van der Waals surface area contributed by atoms with Crippen molar-refractivity contribution in [2.45, 2.75) is 25.2 Å². The van der Waals surface area contributed by atoms with Gasteiger partial charge in [-0.05, 0) is 12.8 Å². The van der Waals surface area contributed by atoms with Gasteiger partial charge in [0.05, 0.1) is 0 Å². The van der Waals surface area contributed by atoms with Gasteiger partial charge >= 0.3 is 5.97 Å². The molecule has 0 aromatic carbocycles. The smallest absolute Gasteiger partial charge is 0.332 e. The second-order valence-electron chi connectivity index (χ2n) is 3.15. The molecule has 0 spiro atoms. The first kappa shape index (κ1) is 9.61. The van der Waals surface area contributed by atoms with Crippen LogP contribution in [0, 0.1) is 11.3 Å². The zero-order valence-corrected chi connectivity index (χ0v) is 7.70. The molecule has 0 aliphatic carbocycles. The Hall–Kier alpha value is -1.94. The highest BCUT2D eigenvalue weighted by Gasteiger charge is 2.32. The van der Waals surface area contributed by atoms with Crippen LogP contribution in [0.25, 0.3) is 0 Å². The van der Waals surface area contributed by atoms with E-state index >= 15 is 0 Å². The Morgan fingerprint density at radius 1 is 1.73 bits per heavy atom. The number of carboxylic acid groups (broad SMARTS) is 1. The monoisotopic (exact) mass is 208 g/mol. The van der Waals surface area contributed by atoms with Gasteiger partial charge in [0.25, 0.3) is 5.82 Å². The predicted molar refractivity (Wildman–Crippen MR) is 45.5 cm³/mol. The van der Waals surface area contributed by atoms with Crippen molar-refractivity contribution in [2.24, 2.45) is 0 Å². The fourth-order valence-electron chi connectivity index (χ4n) is 1.46. The molecule has 7 nitrogen and oxygen atoms in total. The highest BCUT2D eigenvalue weighted by molar-refractivity contribution is 5.72. The van der Waals surface area contributed by atoms with E-state index in [2.05, 4.69) is 10.1 Å². The number of aliphatic carboxylic acids is 1. The lowest BCUT2D eigenvalue weighted by Gasteiger charge is -2.09. The topological polar surface area (TPSA) is 101 Å². The Balaban J connectivity index is 2.08. The van der Waals surface area contributed by atoms with Crippen molar-refractivity contribution in [2.75, 3.05) is 0 Å². The van der Waals surface area contributed by atoms with Gasteiger partial charge in [0.15, 0.2) is 12.3 Å². The maximum Gasteiger partial charge on any atom is 0.332 e. The van der Waals surface area contributed by atoms with Crippen molar-refractivity contribution in [1.29, 1.82) is 5.26 Å². The van der Waals surface area contributed by atoms with Crippen LogP contribution in [-0.2, 0) is 9.53 Å². The number of hydrogen-bond acceptors (Lipinski definition) is 5. The summed E-state index contributed by atoms with van der Waals surface area (Å²) in [7, 11) is 0. The molecule has 0 bridgehead atoms. The average Bonchev–Trinajstić information content (AvgIpc) is 2.86. The van der Waals surface area contributed by atoms with Gasteiger partial charge in [0, 0.05) is 0 Å². The molecule has 2 atom stereocenters. The van der Waals surface area contributed by atoms with E-state index in [4.69, 9.17) is 15.1 Å². The summed E-state index contributed by atoms with van der Waals surface area (Å²) in [5.41, 5.74) is 0. The molecule has 0 amide bonds. The van der Waals surface area contributed by atoms with Crippen molar-refractivity contribution in [3.63, 3.8) is 0 Å². The fourth-order valence-corrected chi connectivity index (χ4v) is 1.46. The predicted octanol–water partition coefficient (Wildman–Crippen LogP) is -0.0880. The molecule has 1 fully saturated rings. The highest BCUT2D eigenvalue weighted by atomic mass is 16.5. The van der Waals surface area contributed by atoms with Crippen LogP contribution >= 0.6 is 0 Å². The molecule has 0 unspecified atom stereocenters. The minimum atomic E-state index is -0.974. The molecule has 1 aromatic rings. The Morgan fingerprint density at radius 2 is 2.53 bits per heavy atom. The van der Waals surface area contributed by atoms with Crippen molar-refractivity contribution in [3.05, 3.63) is 12.2 Å². The van der Waals surface area contributed by atoms with E-state index in [1.54, 1.807) is 6.07 Å². The van der Waals surface area contributed by atoms with Crippen LogP contribution in [0.1, 0.15) is 24.9 Å². The number of rotatable bonds is 2. The van der Waals surface area contributed by atoms with Crippen LogP contribution < -0.4 is 0 Å². The number of carboxylic acids is 1. The zero-order valence-electron chi connectivity index (χ0n) is 7.70. The molecule has 15 heavy (non-hydrogen) atoms. The van der Waals surface area contributed by atoms with Gasteiger partial charge < -0.3 is 9.84 Å². The third-order valence-corrected chi connectivity index (χ3v) is 2.18. The van der Waals surface area contributed by atoms with Gasteiger partial charge in [-0.3, -0.25) is 0 Å². The van der Waals surface area contributed by atoms with E-state index in [1.807, 2.05) is 0 Å². The van der Waals surface area contributed by atoms with E-state index in [-0.39, 0.29) is 5.82 Å². The SMILES string of the molecule is N#Cc1ncn([C@H]2CC[C@@H](C(=O)O)O2)n1. The van der Waals surface area contributed by atoms with E-state index in [0.29, 0.717) is 12.8 Å². The summed E-state index contributed by atoms with van der Waals surface area (Å²) < 4.78 is 6.59. The highest BCUT2D eigenvalue weighted by Crippen LogP contribution is 2.27. The van der Waals surface area contributed by atoms with Gasteiger partial charge in [0.1, 0.15) is 12.4 Å². The van der Waals surface area contributed by atoms with Crippen molar-refractivity contribution >= 4 is 5.97 Å². The standard InChI is InChI=1S/C8H8N4O3/c9-3-6-10-4-12(11-6)7-2-1-5(15-7)8(13)14/h4-5,7H,1-2H2,(H,13,14)/t5-,7+/m0/s1. The van der Waals surface area contributed by atoms with Gasteiger partial charge in [-0.25, -0.2) is 14.5 Å². The lowest BCUT2D eigenvalue weighted by Crippen LogP contribution is -2.20. The molecule has 2 heterocycles. The maximum atomic E-state index is 10.6. The molecule has 7 heteroatoms. The number of nitriles is 1. The van der Waals surface area contributed by atoms with Crippen LogP contribution in [0.4, 0.5) is 0 Å². The first-order valence-corrected chi connectivity index (χ1v) is 4.40. The van der Waals surface area contributed by atoms with E-state index < -0.39 is 18.3 Å². The van der Waals surface area contributed by atoms with Crippen molar-refractivity contribution in [3.8, 4) is 6.07 Å². The summed E-state index contributed by atoms with van der Waals surface area (Å²) in [5, 5.41) is 21.0. The van der Waals surface area contributed by atoms with Gasteiger partial charge in [-0.2, -0.15) is 5.26 Å². The molecule has 1 N–H and O–H groups in total. The van der Waals surface area contributed by atoms with Crippen LogP contribution in [0.2, 0.25) is 0 Å². The third kappa shape index (κ3) is 1.80. The number of hydrogen-bond donors (Lipinski definition) is 1. The molecule has 0 radical (unpaired) electrons. The zero-order chi connectivity index (χ0) is 10.8. The largest absolute Gasteiger partial charge is 0.479 e. The van der Waals surface area contributed by atoms with E-state index in [1.165, 1.54) is 11.0 Å². The summed E-state index contributed by atoms with van der Waals surface area (Å²) in [5.74, 6) is -0.921. The van der Waals surface area contributed by atoms with Gasteiger partial charge in [0.2, 0.25) is 0 Å². The molecule has 1 aliphatic heterocycles. The van der Waals surface area contributed by atoms with Crippen LogP contribution in [0.15, 0.2) is 6.33 Å². The lowest BCUT2D eigenvalue weighted by molar-refractivity contribution is -0.151. The molecular formula is C8H8N4O3. The minimum Gasteiger partial charge on any atom is -0.479 e. The molecule has 1 aromatic heterocycles. The van der Waals surface area contributed by atoms with E-state index in [9.17, 15) is 4.79 Å². The molecule has 1 aliphatic rings. The molecule has 2 rings (SSSR count). The summed E-state index contributed by atoms with van der Waals surface area (Å²) in [6, 6.07) is 1.79. The Labute approximate surface area is 84.9 Å². The van der Waals surface area contributed by atoms with Crippen molar-refractivity contribution < 1.29 is 14.6 Å². The first-order chi connectivity index (χ1) is 7.20. The summed E-state index contributed by atoms with van der Waals surface area (Å²) in [4.78, 5) is 14.3. The Bertz CT molecular complexity index is 422. The quantitative estimate of drug-likeness (QED) is 0.728. The second kappa shape index (κ2) is 3.67. The fraction of sp³-hybridized carbons (Fsp3) is 0.500. The van der Waals surface area contributed by atoms with Gasteiger partial charge in [-0.1, -0.05) is 0 Å². The van der Waals surface area contributed by atoms with E-state index in [0.717, 1.165) is 0 Å². The number of carbonyl (C=O) groups is 1. The summed E-state index contributed by atoms with van der Waals surface area (Å²) in [6.45, 7) is 0. The molecule has 1 saturated heterocycles. The van der Waals surface area contributed by atoms with Crippen molar-refractivity contribution in [1.82, 2.24) is 14.8 Å². The summed E-state index contributed by atoms with van der Waals surface area (Å²) >= 11 is 0.